The lowest BCUT2D eigenvalue weighted by Gasteiger charge is -2.20. The van der Waals surface area contributed by atoms with Crippen molar-refractivity contribution in [1.82, 2.24) is 9.78 Å². The molecule has 0 bridgehead atoms. The van der Waals surface area contributed by atoms with E-state index in [2.05, 4.69) is 90.4 Å². The van der Waals surface area contributed by atoms with Crippen molar-refractivity contribution in [2.75, 3.05) is 0 Å². The van der Waals surface area contributed by atoms with Crippen LogP contribution in [0.2, 0.25) is 0 Å². The maximum absolute atomic E-state index is 5.25. The summed E-state index contributed by atoms with van der Waals surface area (Å²) in [5.41, 5.74) is 7.37. The third-order valence-corrected chi connectivity index (χ3v) is 9.94. The summed E-state index contributed by atoms with van der Waals surface area (Å²) in [4.78, 5) is 1.32. The van der Waals surface area contributed by atoms with Crippen molar-refractivity contribution in [1.29, 1.82) is 0 Å². The largest absolute Gasteiger partial charge is 0.238 e. The number of nitrogens with zero attached hydrogens (tertiary/aromatic N) is 2. The monoisotopic (exact) mass is 502 g/mol. The Balaban J connectivity index is 1.52. The molecule has 0 atom stereocenters. The van der Waals surface area contributed by atoms with Crippen LogP contribution in [0, 0.1) is 13.8 Å². The van der Waals surface area contributed by atoms with Crippen LogP contribution >= 0.6 is 23.5 Å². The molecule has 0 aliphatic heterocycles. The van der Waals surface area contributed by atoms with Gasteiger partial charge in [0.25, 0.3) is 0 Å². The lowest BCUT2D eigenvalue weighted by atomic mass is 10.0. The molecule has 2 saturated carbocycles. The predicted octanol–water partition coefficient (Wildman–Crippen LogP) is 9.50. The second-order valence-electron chi connectivity index (χ2n) is 10.3. The van der Waals surface area contributed by atoms with E-state index in [4.69, 9.17) is 5.10 Å². The van der Waals surface area contributed by atoms with E-state index in [0.717, 1.165) is 10.9 Å². The van der Waals surface area contributed by atoms with E-state index < -0.39 is 0 Å². The van der Waals surface area contributed by atoms with Crippen LogP contribution < -0.4 is 0 Å². The summed E-state index contributed by atoms with van der Waals surface area (Å²) in [6.07, 6.45) is 15.9. The van der Waals surface area contributed by atoms with Crippen molar-refractivity contribution < 1.29 is 0 Å². The number of rotatable bonds is 7. The Labute approximate surface area is 220 Å². The Morgan fingerprint density at radius 1 is 0.771 bits per heavy atom. The topological polar surface area (TPSA) is 17.8 Å². The minimum Gasteiger partial charge on any atom is -0.238 e. The fourth-order valence-corrected chi connectivity index (χ4v) is 7.71. The zero-order valence-corrected chi connectivity index (χ0v) is 22.8. The Kier molecular flexibility index (Phi) is 8.41. The molecule has 2 fully saturated rings. The van der Waals surface area contributed by atoms with Crippen molar-refractivity contribution >= 4 is 29.2 Å². The first-order valence-electron chi connectivity index (χ1n) is 13.4. The summed E-state index contributed by atoms with van der Waals surface area (Å²) in [5, 5.41) is 9.08. The van der Waals surface area contributed by atoms with Crippen molar-refractivity contribution in [3.63, 3.8) is 0 Å². The zero-order valence-electron chi connectivity index (χ0n) is 21.2. The summed E-state index contributed by atoms with van der Waals surface area (Å²) < 4.78 is 2.17. The van der Waals surface area contributed by atoms with Crippen LogP contribution in [-0.4, -0.2) is 20.3 Å². The molecule has 0 N–H and O–H groups in total. The Hall–Kier alpha value is -1.91. The van der Waals surface area contributed by atoms with Gasteiger partial charge in [0.1, 0.15) is 5.69 Å². The highest BCUT2D eigenvalue weighted by Crippen LogP contribution is 2.40. The number of aromatic nitrogens is 2. The SMILES string of the molecule is Cc1ccc(/C(=C/SC2CCCCC2)n2cc(SC3CCCCC3)c(-c3ccc(C)cc3)n2)cc1. The van der Waals surface area contributed by atoms with Crippen LogP contribution in [0.25, 0.3) is 17.0 Å². The van der Waals surface area contributed by atoms with E-state index in [1.54, 1.807) is 0 Å². The highest BCUT2D eigenvalue weighted by atomic mass is 32.2. The number of benzene rings is 2. The molecule has 2 aliphatic carbocycles. The lowest BCUT2D eigenvalue weighted by molar-refractivity contribution is 0.516. The molecule has 3 aromatic rings. The maximum atomic E-state index is 5.25. The molecule has 1 heterocycles. The van der Waals surface area contributed by atoms with Gasteiger partial charge in [-0.3, -0.25) is 0 Å². The fraction of sp³-hybridized carbons (Fsp3) is 0.452. The molecule has 4 heteroatoms. The molecule has 1 aromatic heterocycles. The van der Waals surface area contributed by atoms with Gasteiger partial charge in [0, 0.05) is 27.8 Å². The van der Waals surface area contributed by atoms with Crippen LogP contribution in [0.3, 0.4) is 0 Å². The first-order chi connectivity index (χ1) is 17.2. The molecule has 0 spiro atoms. The van der Waals surface area contributed by atoms with E-state index in [-0.39, 0.29) is 0 Å². The number of hydrogen-bond acceptors (Lipinski definition) is 3. The van der Waals surface area contributed by atoms with Crippen LogP contribution in [-0.2, 0) is 0 Å². The van der Waals surface area contributed by atoms with Gasteiger partial charge < -0.3 is 0 Å². The zero-order chi connectivity index (χ0) is 24.0. The summed E-state index contributed by atoms with van der Waals surface area (Å²) in [6.45, 7) is 4.31. The molecular formula is C31H38N2S2. The Bertz CT molecular complexity index is 1120. The molecule has 2 aliphatic rings. The van der Waals surface area contributed by atoms with Crippen LogP contribution in [0.4, 0.5) is 0 Å². The third-order valence-electron chi connectivity index (χ3n) is 7.37. The summed E-state index contributed by atoms with van der Waals surface area (Å²) in [7, 11) is 0. The van der Waals surface area contributed by atoms with Gasteiger partial charge in [-0.1, -0.05) is 98.2 Å². The Morgan fingerprint density at radius 2 is 1.34 bits per heavy atom. The summed E-state index contributed by atoms with van der Waals surface area (Å²) >= 11 is 4.07. The average molecular weight is 503 g/mol. The van der Waals surface area contributed by atoms with Crippen LogP contribution in [0.1, 0.15) is 80.9 Å². The second kappa shape index (κ2) is 11.9. The van der Waals surface area contributed by atoms with E-state index in [0.29, 0.717) is 5.25 Å². The van der Waals surface area contributed by atoms with Gasteiger partial charge in [0.05, 0.1) is 10.6 Å². The van der Waals surface area contributed by atoms with Gasteiger partial charge in [-0.2, -0.15) is 5.10 Å². The van der Waals surface area contributed by atoms with Crippen LogP contribution in [0.15, 0.2) is 65.0 Å². The second-order valence-corrected chi connectivity index (χ2v) is 12.8. The molecule has 0 amide bonds. The van der Waals surface area contributed by atoms with Crippen molar-refractivity contribution in [3.05, 3.63) is 76.8 Å². The van der Waals surface area contributed by atoms with Crippen LogP contribution in [0.5, 0.6) is 0 Å². The molecule has 35 heavy (non-hydrogen) atoms. The van der Waals surface area contributed by atoms with Crippen molar-refractivity contribution in [2.45, 2.75) is 93.5 Å². The molecule has 5 rings (SSSR count). The lowest BCUT2D eigenvalue weighted by Crippen LogP contribution is -2.07. The molecule has 0 radical (unpaired) electrons. The van der Waals surface area contributed by atoms with E-state index >= 15 is 0 Å². The van der Waals surface area contributed by atoms with E-state index in [1.807, 2.05) is 11.8 Å². The van der Waals surface area contributed by atoms with Gasteiger partial charge in [-0.15, -0.1) is 23.5 Å². The van der Waals surface area contributed by atoms with Gasteiger partial charge >= 0.3 is 0 Å². The highest BCUT2D eigenvalue weighted by molar-refractivity contribution is 8.02. The molecule has 2 aromatic carbocycles. The molecule has 184 valence electrons. The number of aryl methyl sites for hydroxylation is 2. The number of hydrogen-bond donors (Lipinski definition) is 0. The van der Waals surface area contributed by atoms with E-state index in [1.165, 1.54) is 97.1 Å². The summed E-state index contributed by atoms with van der Waals surface area (Å²) in [6, 6.07) is 17.8. The molecule has 2 nitrogen and oxygen atoms in total. The smallest absolute Gasteiger partial charge is 0.106 e. The van der Waals surface area contributed by atoms with Gasteiger partial charge in [-0.25, -0.2) is 4.68 Å². The van der Waals surface area contributed by atoms with Crippen molar-refractivity contribution in [3.8, 4) is 11.3 Å². The standard InChI is InChI=1S/C31H38N2S2/c1-23-13-17-25(18-14-23)29(22-34-27-9-5-3-6-10-27)33-21-30(35-28-11-7-4-8-12-28)31(32-33)26-19-15-24(2)16-20-26/h13-22,27-28H,3-12H2,1-2H3/b29-22-. The van der Waals surface area contributed by atoms with Gasteiger partial charge in [0.15, 0.2) is 0 Å². The quantitative estimate of drug-likeness (QED) is 0.320. The predicted molar refractivity (Wildman–Crippen MR) is 154 cm³/mol. The van der Waals surface area contributed by atoms with Crippen molar-refractivity contribution in [2.24, 2.45) is 0 Å². The fourth-order valence-electron chi connectivity index (χ4n) is 5.18. The molecule has 0 unspecified atom stereocenters. The normalized spacial score (nSPS) is 18.2. The third kappa shape index (κ3) is 6.46. The maximum Gasteiger partial charge on any atom is 0.106 e. The first-order valence-corrected chi connectivity index (χ1v) is 15.2. The minimum atomic E-state index is 0.703. The molecular weight excluding hydrogens is 464 g/mol. The minimum absolute atomic E-state index is 0.703. The first kappa shape index (κ1) is 24.8. The van der Waals surface area contributed by atoms with Gasteiger partial charge in [0.2, 0.25) is 0 Å². The number of thioether (sulfide) groups is 2. The summed E-state index contributed by atoms with van der Waals surface area (Å²) in [5.74, 6) is 0. The Morgan fingerprint density at radius 3 is 1.97 bits per heavy atom. The highest BCUT2D eigenvalue weighted by Gasteiger charge is 2.21. The van der Waals surface area contributed by atoms with Gasteiger partial charge in [-0.05, 0) is 44.9 Å². The average Bonchev–Trinajstić information content (AvgIpc) is 3.30. The molecule has 0 saturated heterocycles. The van der Waals surface area contributed by atoms with E-state index in [9.17, 15) is 0 Å².